The van der Waals surface area contributed by atoms with Crippen molar-refractivity contribution in [3.63, 3.8) is 0 Å². The van der Waals surface area contributed by atoms with E-state index in [1.54, 1.807) is 6.92 Å². The van der Waals surface area contributed by atoms with Gasteiger partial charge < -0.3 is 15.3 Å². The zero-order valence-corrected chi connectivity index (χ0v) is 18.1. The third-order valence-corrected chi connectivity index (χ3v) is 6.33. The predicted molar refractivity (Wildman–Crippen MR) is 106 cm³/mol. The molecule has 0 bridgehead atoms. The van der Waals surface area contributed by atoms with Crippen LogP contribution in [-0.4, -0.2) is 49.1 Å². The highest BCUT2D eigenvalue weighted by atomic mass is 79.9. The summed E-state index contributed by atoms with van der Waals surface area (Å²) in [6.07, 6.45) is 0.356. The average Bonchev–Trinajstić information content (AvgIpc) is 3.01. The Balaban J connectivity index is 1.66. The molecule has 31 heavy (non-hydrogen) atoms. The van der Waals surface area contributed by atoms with E-state index < -0.39 is 61.2 Å². The normalized spacial score (nSPS) is 24.9. The molecular formula is C19H20BrF4N5O2. The summed E-state index contributed by atoms with van der Waals surface area (Å²) in [5.41, 5.74) is -1.87. The lowest BCUT2D eigenvalue weighted by Crippen LogP contribution is -2.45. The van der Waals surface area contributed by atoms with Crippen molar-refractivity contribution in [2.75, 3.05) is 12.0 Å². The zero-order valence-electron chi connectivity index (χ0n) is 16.5. The lowest BCUT2D eigenvalue weighted by molar-refractivity contribution is -0.0474. The minimum Gasteiger partial charge on any atom is -0.385 e. The van der Waals surface area contributed by atoms with Crippen molar-refractivity contribution in [2.24, 2.45) is 0 Å². The molecule has 2 atom stereocenters. The van der Waals surface area contributed by atoms with E-state index in [1.165, 1.54) is 17.2 Å². The number of urea groups is 1. The second-order valence-electron chi connectivity index (χ2n) is 8.07. The molecule has 2 aliphatic rings. The summed E-state index contributed by atoms with van der Waals surface area (Å²) in [4.78, 5) is 17.9. The van der Waals surface area contributed by atoms with E-state index in [0.717, 1.165) is 4.68 Å². The smallest absolute Gasteiger partial charge is 0.322 e. The van der Waals surface area contributed by atoms with Crippen LogP contribution in [0.5, 0.6) is 0 Å². The summed E-state index contributed by atoms with van der Waals surface area (Å²) in [7, 11) is 0. The molecule has 2 N–H and O–H groups in total. The fourth-order valence-electron chi connectivity index (χ4n) is 4.07. The molecule has 2 aromatic heterocycles. The molecule has 4 rings (SSSR count). The number of aliphatic hydroxyl groups is 1. The van der Waals surface area contributed by atoms with Crippen molar-refractivity contribution in [3.8, 4) is 0 Å². The molecule has 2 amide bonds. The summed E-state index contributed by atoms with van der Waals surface area (Å²) in [5, 5.41) is 17.0. The average molecular weight is 506 g/mol. The molecule has 0 aliphatic carbocycles. The molecule has 0 radical (unpaired) electrons. The SMILES string of the molecule is C[C@@H]1Cc2nn3c(c2CN1C(=O)Nc1ccnc(Br)c1F)C(F)(F)CCC(O)(CF)C3. The van der Waals surface area contributed by atoms with Gasteiger partial charge in [-0.3, -0.25) is 4.68 Å². The van der Waals surface area contributed by atoms with Gasteiger partial charge in [0, 0.05) is 30.6 Å². The molecule has 4 heterocycles. The maximum Gasteiger partial charge on any atom is 0.322 e. The van der Waals surface area contributed by atoms with Gasteiger partial charge in [0.2, 0.25) is 0 Å². The molecular weight excluding hydrogens is 486 g/mol. The number of hydrogen-bond donors (Lipinski definition) is 2. The Labute approximate surface area is 183 Å². The molecule has 0 saturated carbocycles. The number of anilines is 1. The first-order valence-corrected chi connectivity index (χ1v) is 10.5. The van der Waals surface area contributed by atoms with E-state index in [9.17, 15) is 27.5 Å². The Kier molecular flexibility index (Phi) is 5.49. The molecule has 0 aromatic carbocycles. The number of fused-ring (bicyclic) bond motifs is 3. The number of aromatic nitrogens is 3. The van der Waals surface area contributed by atoms with Crippen LogP contribution < -0.4 is 5.32 Å². The summed E-state index contributed by atoms with van der Waals surface area (Å²) < 4.78 is 58.3. The molecule has 0 spiro atoms. The van der Waals surface area contributed by atoms with Crippen LogP contribution in [0.4, 0.5) is 28.0 Å². The number of amides is 2. The minimum absolute atomic E-state index is 0.0683. The van der Waals surface area contributed by atoms with Crippen molar-refractivity contribution in [3.05, 3.63) is 39.6 Å². The van der Waals surface area contributed by atoms with Gasteiger partial charge in [-0.1, -0.05) is 0 Å². The number of nitrogens with one attached hydrogen (secondary N) is 1. The van der Waals surface area contributed by atoms with E-state index in [4.69, 9.17) is 0 Å². The highest BCUT2D eigenvalue weighted by Gasteiger charge is 2.48. The number of alkyl halides is 3. The number of rotatable bonds is 2. The molecule has 0 saturated heterocycles. The lowest BCUT2D eigenvalue weighted by Gasteiger charge is -2.33. The maximum atomic E-state index is 15.0. The monoisotopic (exact) mass is 505 g/mol. The summed E-state index contributed by atoms with van der Waals surface area (Å²) in [6, 6.07) is 0.219. The molecule has 2 aromatic rings. The molecule has 12 heteroatoms. The molecule has 2 aliphatic heterocycles. The van der Waals surface area contributed by atoms with Crippen LogP contribution in [0.3, 0.4) is 0 Å². The van der Waals surface area contributed by atoms with Crippen LogP contribution in [0.25, 0.3) is 0 Å². The van der Waals surface area contributed by atoms with Crippen LogP contribution in [0.15, 0.2) is 16.9 Å². The third kappa shape index (κ3) is 3.91. The Morgan fingerprint density at radius 2 is 2.16 bits per heavy atom. The first-order chi connectivity index (χ1) is 14.5. The van der Waals surface area contributed by atoms with Crippen LogP contribution >= 0.6 is 15.9 Å². The zero-order chi connectivity index (χ0) is 22.6. The van der Waals surface area contributed by atoms with Gasteiger partial charge in [0.1, 0.15) is 22.6 Å². The van der Waals surface area contributed by atoms with Gasteiger partial charge in [-0.2, -0.15) is 13.9 Å². The number of hydrogen-bond acceptors (Lipinski definition) is 4. The summed E-state index contributed by atoms with van der Waals surface area (Å²) in [5.74, 6) is -4.09. The number of carbonyl (C=O) groups excluding carboxylic acids is 1. The van der Waals surface area contributed by atoms with E-state index in [2.05, 4.69) is 31.3 Å². The Hall–Kier alpha value is -2.21. The van der Waals surface area contributed by atoms with Gasteiger partial charge in [0.25, 0.3) is 5.92 Å². The molecule has 1 unspecified atom stereocenters. The van der Waals surface area contributed by atoms with E-state index >= 15 is 0 Å². The van der Waals surface area contributed by atoms with Gasteiger partial charge in [-0.05, 0) is 35.3 Å². The van der Waals surface area contributed by atoms with Gasteiger partial charge in [-0.25, -0.2) is 18.6 Å². The maximum absolute atomic E-state index is 15.0. The molecule has 7 nitrogen and oxygen atoms in total. The number of halogens is 5. The van der Waals surface area contributed by atoms with Crippen LogP contribution in [0.1, 0.15) is 36.7 Å². The van der Waals surface area contributed by atoms with E-state index in [0.29, 0.717) is 5.69 Å². The number of carbonyl (C=O) groups is 1. The second-order valence-corrected chi connectivity index (χ2v) is 8.82. The van der Waals surface area contributed by atoms with E-state index in [1.807, 2.05) is 0 Å². The molecule has 168 valence electrons. The highest BCUT2D eigenvalue weighted by molar-refractivity contribution is 9.10. The number of pyridine rings is 1. The van der Waals surface area contributed by atoms with Gasteiger partial charge in [-0.15, -0.1) is 0 Å². The van der Waals surface area contributed by atoms with Crippen molar-refractivity contribution in [1.82, 2.24) is 19.7 Å². The minimum atomic E-state index is -3.34. The number of nitrogens with zero attached hydrogens (tertiary/aromatic N) is 4. The lowest BCUT2D eigenvalue weighted by atomic mass is 9.94. The second kappa shape index (κ2) is 7.73. The Morgan fingerprint density at radius 1 is 1.42 bits per heavy atom. The Bertz CT molecular complexity index is 1030. The van der Waals surface area contributed by atoms with Crippen LogP contribution in [0.2, 0.25) is 0 Å². The van der Waals surface area contributed by atoms with Gasteiger partial charge in [0.05, 0.1) is 24.5 Å². The van der Waals surface area contributed by atoms with Crippen molar-refractivity contribution in [2.45, 2.75) is 56.8 Å². The first kappa shape index (κ1) is 22.0. The van der Waals surface area contributed by atoms with Gasteiger partial charge >= 0.3 is 6.03 Å². The predicted octanol–water partition coefficient (Wildman–Crippen LogP) is 3.74. The van der Waals surface area contributed by atoms with Crippen molar-refractivity contribution < 1.29 is 27.5 Å². The summed E-state index contributed by atoms with van der Waals surface area (Å²) in [6.45, 7) is 0.000415. The quantitative estimate of drug-likeness (QED) is 0.481. The Morgan fingerprint density at radius 3 is 2.87 bits per heavy atom. The molecule has 0 fully saturated rings. The fraction of sp³-hybridized carbons (Fsp3) is 0.526. The third-order valence-electron chi connectivity index (χ3n) is 5.78. The topological polar surface area (TPSA) is 83.3 Å². The van der Waals surface area contributed by atoms with Crippen molar-refractivity contribution >= 4 is 27.6 Å². The first-order valence-electron chi connectivity index (χ1n) is 9.67. The van der Waals surface area contributed by atoms with Crippen LogP contribution in [-0.2, 0) is 25.4 Å². The largest absolute Gasteiger partial charge is 0.385 e. The van der Waals surface area contributed by atoms with Gasteiger partial charge in [0.15, 0.2) is 5.82 Å². The standard InChI is InChI=1S/C19H20BrF4N5O2/c1-10-6-13-11(7-28(10)17(30)26-12-2-5-25-16(20)14(12)22)15-19(23,24)4-3-18(31,8-21)9-29(15)27-13/h2,5,10,31H,3-4,6-9H2,1H3,(H,25,26,30)/t10-,18?/m1/s1. The van der Waals surface area contributed by atoms with E-state index in [-0.39, 0.29) is 28.8 Å². The summed E-state index contributed by atoms with van der Waals surface area (Å²) >= 11 is 2.94. The van der Waals surface area contributed by atoms with Crippen LogP contribution in [0, 0.1) is 5.82 Å². The fourth-order valence-corrected chi connectivity index (χ4v) is 4.40. The van der Waals surface area contributed by atoms with Crippen molar-refractivity contribution in [1.29, 1.82) is 0 Å². The highest BCUT2D eigenvalue weighted by Crippen LogP contribution is 2.43.